The molecular weight excluding hydrogens is 172 g/mol. The van der Waals surface area contributed by atoms with Crippen molar-refractivity contribution in [2.75, 3.05) is 7.11 Å². The average Bonchev–Trinajstić information content (AvgIpc) is 2.16. The average molecular weight is 180 g/mol. The summed E-state index contributed by atoms with van der Waals surface area (Å²) in [6.45, 7) is 0. The van der Waals surface area contributed by atoms with Crippen molar-refractivity contribution in [3.63, 3.8) is 0 Å². The lowest BCUT2D eigenvalue weighted by atomic mass is 10.4. The van der Waals surface area contributed by atoms with Crippen LogP contribution in [0.5, 0.6) is 0 Å². The van der Waals surface area contributed by atoms with E-state index in [-0.39, 0.29) is 0 Å². The minimum atomic E-state index is -0.441. The van der Waals surface area contributed by atoms with Gasteiger partial charge in [0.15, 0.2) is 0 Å². The molecule has 0 aromatic heterocycles. The maximum atomic E-state index is 10.6. The first kappa shape index (κ1) is 8.78. The number of hydrogen-bond donors (Lipinski definition) is 0. The second kappa shape index (κ2) is 4.54. The molecule has 0 fully saturated rings. The molecule has 12 heavy (non-hydrogen) atoms. The number of methoxy groups -OCH3 is 1. The zero-order valence-electron chi connectivity index (χ0n) is 6.61. The van der Waals surface area contributed by atoms with Gasteiger partial charge >= 0.3 is 5.97 Å². The van der Waals surface area contributed by atoms with Crippen LogP contribution in [0.4, 0.5) is 0 Å². The van der Waals surface area contributed by atoms with Gasteiger partial charge in [-0.3, -0.25) is 0 Å². The Balaban J connectivity index is 2.74. The second-order valence-corrected chi connectivity index (χ2v) is 2.89. The summed E-state index contributed by atoms with van der Waals surface area (Å²) in [6, 6.07) is 9.53. The van der Waals surface area contributed by atoms with Gasteiger partial charge in [0.25, 0.3) is 0 Å². The molecule has 0 saturated carbocycles. The molecule has 1 aromatic carbocycles. The molecule has 3 heteroatoms. The summed E-state index contributed by atoms with van der Waals surface area (Å²) < 4.78 is 4.40. The molecule has 0 heterocycles. The molecule has 0 aliphatic carbocycles. The van der Waals surface area contributed by atoms with E-state index < -0.39 is 5.97 Å². The monoisotopic (exact) mass is 180 g/mol. The highest BCUT2D eigenvalue weighted by Gasteiger charge is 1.88. The molecule has 0 saturated heterocycles. The summed E-state index contributed by atoms with van der Waals surface area (Å²) in [5, 5.41) is 2.50. The Morgan fingerprint density at radius 3 is 2.67 bits per heavy atom. The maximum Gasteiger partial charge on any atom is 0.386 e. The Kier molecular flexibility index (Phi) is 3.33. The van der Waals surface area contributed by atoms with Crippen molar-refractivity contribution in [2.45, 2.75) is 4.90 Å². The number of hydrogen-bond acceptors (Lipinski definition) is 2. The van der Waals surface area contributed by atoms with Gasteiger partial charge in [-0.1, -0.05) is 29.4 Å². The topological polar surface area (TPSA) is 26.3 Å². The quantitative estimate of drug-likeness (QED) is 0.570. The van der Waals surface area contributed by atoms with Crippen LogP contribution >= 0.6 is 11.2 Å². The van der Waals surface area contributed by atoms with Crippen LogP contribution in [-0.2, 0) is 9.53 Å². The third-order valence-electron chi connectivity index (χ3n) is 1.18. The molecule has 0 amide bonds. The van der Waals surface area contributed by atoms with E-state index in [9.17, 15) is 4.79 Å². The number of esters is 1. The lowest BCUT2D eigenvalue weighted by Gasteiger charge is -1.86. The smallest absolute Gasteiger partial charge is 0.386 e. The van der Waals surface area contributed by atoms with E-state index in [1.165, 1.54) is 18.3 Å². The first-order chi connectivity index (χ1) is 5.83. The zero-order valence-corrected chi connectivity index (χ0v) is 7.43. The summed E-state index contributed by atoms with van der Waals surface area (Å²) in [4.78, 5) is 11.6. The van der Waals surface area contributed by atoms with Gasteiger partial charge in [-0.15, -0.1) is 0 Å². The van der Waals surface area contributed by atoms with Gasteiger partial charge < -0.3 is 4.74 Å². The van der Waals surface area contributed by atoms with Crippen LogP contribution in [0.15, 0.2) is 35.2 Å². The molecule has 0 aliphatic heterocycles. The molecule has 62 valence electrons. The molecule has 0 unspecified atom stereocenters. The van der Waals surface area contributed by atoms with Crippen molar-refractivity contribution in [2.24, 2.45) is 0 Å². The van der Waals surface area contributed by atoms with E-state index in [2.05, 4.69) is 9.92 Å². The fraction of sp³-hybridized carbons (Fsp3) is 0.111. The van der Waals surface area contributed by atoms with E-state index >= 15 is 0 Å². The van der Waals surface area contributed by atoms with E-state index in [0.29, 0.717) is 0 Å². The number of carbonyl (C=O) groups is 1. The highest BCUT2D eigenvalue weighted by molar-refractivity contribution is 7.89. The van der Waals surface area contributed by atoms with Crippen LogP contribution in [0.1, 0.15) is 0 Å². The van der Waals surface area contributed by atoms with Crippen LogP contribution < -0.4 is 0 Å². The predicted molar refractivity (Wildman–Crippen MR) is 48.2 cm³/mol. The lowest BCUT2D eigenvalue weighted by Crippen LogP contribution is -1.92. The maximum absolute atomic E-state index is 10.6. The fourth-order valence-electron chi connectivity index (χ4n) is 0.631. The summed E-state index contributed by atoms with van der Waals surface area (Å²) in [6.07, 6.45) is 0. The van der Waals surface area contributed by atoms with Gasteiger partial charge in [-0.05, 0) is 12.1 Å². The summed E-state index contributed by atoms with van der Waals surface area (Å²) in [5.74, 6) is -0.441. The van der Waals surface area contributed by atoms with Crippen molar-refractivity contribution in [3.05, 3.63) is 30.3 Å². The molecule has 0 bridgehead atoms. The van der Waals surface area contributed by atoms with Crippen LogP contribution in [0.25, 0.3) is 0 Å². The van der Waals surface area contributed by atoms with Crippen molar-refractivity contribution in [1.82, 2.24) is 0 Å². The molecule has 0 N–H and O–H groups in total. The molecule has 0 atom stereocenters. The molecule has 1 aromatic rings. The minimum Gasteiger partial charge on any atom is -0.459 e. The highest BCUT2D eigenvalue weighted by atomic mass is 32.1. The molecule has 2 nitrogen and oxygen atoms in total. The predicted octanol–water partition coefficient (Wildman–Crippen LogP) is 1.91. The number of ether oxygens (including phenoxy) is 1. The zero-order chi connectivity index (χ0) is 8.81. The third kappa shape index (κ3) is 2.74. The van der Waals surface area contributed by atoms with Gasteiger partial charge in [0.05, 0.1) is 7.11 Å². The highest BCUT2D eigenvalue weighted by Crippen LogP contribution is 2.06. The number of carbonyl (C=O) groups excluding carboxylic acids is 1. The van der Waals surface area contributed by atoms with Gasteiger partial charge in [0.1, 0.15) is 0 Å². The summed E-state index contributed by atoms with van der Waals surface area (Å²) >= 11 is 1.23. The first-order valence-corrected chi connectivity index (χ1v) is 4.20. The van der Waals surface area contributed by atoms with Gasteiger partial charge in [0, 0.05) is 10.1 Å². The standard InChI is InChI=1S/C9H8O2S/c1-11-9(10)7-12-8-5-3-2-4-6-8/h2-6H,1H3. The molecule has 0 aliphatic rings. The molecular formula is C9H8O2S. The van der Waals surface area contributed by atoms with Gasteiger partial charge in [-0.2, -0.15) is 0 Å². The largest absolute Gasteiger partial charge is 0.459 e. The van der Waals surface area contributed by atoms with Crippen molar-refractivity contribution in [1.29, 1.82) is 0 Å². The van der Waals surface area contributed by atoms with E-state index in [1.54, 1.807) is 0 Å². The summed E-state index contributed by atoms with van der Waals surface area (Å²) in [5.41, 5.74) is 0. The fourth-order valence-corrected chi connectivity index (χ4v) is 1.21. The van der Waals surface area contributed by atoms with Crippen LogP contribution in [0.2, 0.25) is 0 Å². The van der Waals surface area contributed by atoms with Crippen molar-refractivity contribution in [3.8, 4) is 5.18 Å². The molecule has 0 radical (unpaired) electrons. The van der Waals surface area contributed by atoms with Crippen LogP contribution in [0, 0.1) is 5.18 Å². The Labute approximate surface area is 74.8 Å². The minimum absolute atomic E-state index is 0.441. The Hall–Kier alpha value is -1.31. The van der Waals surface area contributed by atoms with E-state index in [1.807, 2.05) is 30.3 Å². The number of rotatable bonds is 0. The van der Waals surface area contributed by atoms with E-state index in [4.69, 9.17) is 0 Å². The lowest BCUT2D eigenvalue weighted by molar-refractivity contribution is -0.133. The Bertz CT molecular complexity index is 321. The first-order valence-electron chi connectivity index (χ1n) is 3.39. The summed E-state index contributed by atoms with van der Waals surface area (Å²) in [7, 11) is 1.33. The van der Waals surface area contributed by atoms with Crippen molar-refractivity contribution < 1.29 is 9.53 Å². The normalized spacial score (nSPS) is 8.42. The van der Waals surface area contributed by atoms with Crippen LogP contribution in [-0.4, -0.2) is 13.1 Å². The van der Waals surface area contributed by atoms with Gasteiger partial charge in [-0.25, -0.2) is 4.79 Å². The van der Waals surface area contributed by atoms with E-state index in [0.717, 1.165) is 4.90 Å². The molecule has 1 rings (SSSR count). The van der Waals surface area contributed by atoms with Crippen molar-refractivity contribution >= 4 is 17.1 Å². The van der Waals surface area contributed by atoms with Crippen LogP contribution in [0.3, 0.4) is 0 Å². The second-order valence-electron chi connectivity index (χ2n) is 2.01. The number of benzene rings is 1. The third-order valence-corrected chi connectivity index (χ3v) is 1.96. The van der Waals surface area contributed by atoms with Gasteiger partial charge in [0.2, 0.25) is 0 Å². The SMILES string of the molecule is COC(=O)C#Sc1ccccc1. The Morgan fingerprint density at radius 1 is 1.42 bits per heavy atom. The Morgan fingerprint density at radius 2 is 2.08 bits per heavy atom. The molecule has 0 spiro atoms.